The molecule has 98 valence electrons. The second-order valence-corrected chi connectivity index (χ2v) is 5.19. The minimum Gasteiger partial charge on any atom is -0.337 e. The van der Waals surface area contributed by atoms with Gasteiger partial charge in [-0.3, -0.25) is 4.79 Å². The monoisotopic (exact) mass is 321 g/mol. The molecular formula is C15H13BrFNO. The molecule has 0 unspecified atom stereocenters. The molecule has 2 rings (SSSR count). The molecule has 0 aliphatic carbocycles. The van der Waals surface area contributed by atoms with Gasteiger partial charge in [0.25, 0.3) is 5.91 Å². The average molecular weight is 322 g/mol. The van der Waals surface area contributed by atoms with Gasteiger partial charge >= 0.3 is 0 Å². The quantitative estimate of drug-likeness (QED) is 0.840. The molecule has 0 aliphatic rings. The predicted molar refractivity (Wildman–Crippen MR) is 76.3 cm³/mol. The highest BCUT2D eigenvalue weighted by molar-refractivity contribution is 9.10. The number of rotatable bonds is 3. The van der Waals surface area contributed by atoms with Gasteiger partial charge in [0.1, 0.15) is 5.82 Å². The Hall–Kier alpha value is -1.68. The molecule has 0 aromatic heterocycles. The van der Waals surface area contributed by atoms with E-state index in [1.165, 1.54) is 17.0 Å². The molecule has 0 saturated carbocycles. The first-order valence-corrected chi connectivity index (χ1v) is 6.61. The van der Waals surface area contributed by atoms with Crippen molar-refractivity contribution in [3.63, 3.8) is 0 Å². The molecule has 4 heteroatoms. The molecule has 19 heavy (non-hydrogen) atoms. The van der Waals surface area contributed by atoms with Gasteiger partial charge in [-0.2, -0.15) is 0 Å². The maximum Gasteiger partial charge on any atom is 0.256 e. The van der Waals surface area contributed by atoms with E-state index in [0.717, 1.165) is 10.0 Å². The summed E-state index contributed by atoms with van der Waals surface area (Å²) in [4.78, 5) is 13.6. The van der Waals surface area contributed by atoms with Gasteiger partial charge in [0.15, 0.2) is 0 Å². The van der Waals surface area contributed by atoms with Crippen LogP contribution in [0.25, 0.3) is 0 Å². The van der Waals surface area contributed by atoms with E-state index in [1.54, 1.807) is 19.2 Å². The lowest BCUT2D eigenvalue weighted by molar-refractivity contribution is 0.0780. The van der Waals surface area contributed by atoms with E-state index >= 15 is 0 Å². The van der Waals surface area contributed by atoms with Crippen molar-refractivity contribution in [1.82, 2.24) is 4.90 Å². The van der Waals surface area contributed by atoms with Crippen LogP contribution in [0.4, 0.5) is 4.39 Å². The third-order valence-corrected chi connectivity index (χ3v) is 3.25. The zero-order valence-corrected chi connectivity index (χ0v) is 12.0. The normalized spacial score (nSPS) is 10.3. The number of carbonyl (C=O) groups excluding carboxylic acids is 1. The number of hydrogen-bond donors (Lipinski definition) is 0. The fraction of sp³-hybridized carbons (Fsp3) is 0.133. The minimum absolute atomic E-state index is 0.0972. The van der Waals surface area contributed by atoms with Crippen molar-refractivity contribution in [2.45, 2.75) is 6.54 Å². The Kier molecular flexibility index (Phi) is 4.32. The van der Waals surface area contributed by atoms with Crippen LogP contribution >= 0.6 is 15.9 Å². The van der Waals surface area contributed by atoms with Crippen LogP contribution in [0, 0.1) is 5.82 Å². The van der Waals surface area contributed by atoms with Crippen LogP contribution in [-0.2, 0) is 6.54 Å². The Morgan fingerprint density at radius 3 is 2.63 bits per heavy atom. The van der Waals surface area contributed by atoms with Gasteiger partial charge in [-0.15, -0.1) is 0 Å². The molecule has 0 spiro atoms. The first-order chi connectivity index (χ1) is 9.08. The number of benzene rings is 2. The summed E-state index contributed by atoms with van der Waals surface area (Å²) in [6.45, 7) is 0.437. The predicted octanol–water partition coefficient (Wildman–Crippen LogP) is 3.86. The molecular weight excluding hydrogens is 309 g/mol. The molecule has 2 aromatic rings. The van der Waals surface area contributed by atoms with E-state index in [0.29, 0.717) is 6.54 Å². The maximum absolute atomic E-state index is 13.5. The summed E-state index contributed by atoms with van der Waals surface area (Å²) >= 11 is 3.38. The van der Waals surface area contributed by atoms with Crippen molar-refractivity contribution in [2.24, 2.45) is 0 Å². The smallest absolute Gasteiger partial charge is 0.256 e. The van der Waals surface area contributed by atoms with Crippen LogP contribution in [-0.4, -0.2) is 17.9 Å². The van der Waals surface area contributed by atoms with Gasteiger partial charge in [-0.05, 0) is 29.8 Å². The summed E-state index contributed by atoms with van der Waals surface area (Å²) < 4.78 is 14.5. The van der Waals surface area contributed by atoms with Crippen LogP contribution in [0.5, 0.6) is 0 Å². The third kappa shape index (κ3) is 3.41. The fourth-order valence-electron chi connectivity index (χ4n) is 1.82. The Bertz CT molecular complexity index is 600. The van der Waals surface area contributed by atoms with Gasteiger partial charge in [0.05, 0.1) is 5.56 Å². The molecule has 1 amide bonds. The van der Waals surface area contributed by atoms with Gasteiger partial charge in [-0.1, -0.05) is 40.2 Å². The Morgan fingerprint density at radius 1 is 1.21 bits per heavy atom. The summed E-state index contributed by atoms with van der Waals surface area (Å²) in [5.41, 5.74) is 1.08. The topological polar surface area (TPSA) is 20.3 Å². The standard InChI is InChI=1S/C15H13BrFNO/c1-18(10-11-5-4-6-12(16)9-11)15(19)13-7-2-3-8-14(13)17/h2-9H,10H2,1H3. The van der Waals surface area contributed by atoms with Gasteiger partial charge in [0.2, 0.25) is 0 Å². The summed E-state index contributed by atoms with van der Waals surface area (Å²) in [6.07, 6.45) is 0. The second-order valence-electron chi connectivity index (χ2n) is 4.27. The summed E-state index contributed by atoms with van der Waals surface area (Å²) in [5, 5.41) is 0. The minimum atomic E-state index is -0.492. The van der Waals surface area contributed by atoms with Crippen LogP contribution < -0.4 is 0 Å². The zero-order chi connectivity index (χ0) is 13.8. The van der Waals surface area contributed by atoms with Gasteiger partial charge in [0, 0.05) is 18.1 Å². The third-order valence-electron chi connectivity index (χ3n) is 2.76. The largest absolute Gasteiger partial charge is 0.337 e. The lowest BCUT2D eigenvalue weighted by atomic mass is 10.1. The molecule has 0 N–H and O–H groups in total. The molecule has 0 heterocycles. The highest BCUT2D eigenvalue weighted by Gasteiger charge is 2.15. The van der Waals surface area contributed by atoms with E-state index in [4.69, 9.17) is 0 Å². The van der Waals surface area contributed by atoms with Gasteiger partial charge < -0.3 is 4.90 Å². The highest BCUT2D eigenvalue weighted by Crippen LogP contribution is 2.15. The average Bonchev–Trinajstić information content (AvgIpc) is 2.38. The summed E-state index contributed by atoms with van der Waals surface area (Å²) in [7, 11) is 1.66. The first-order valence-electron chi connectivity index (χ1n) is 5.82. The van der Waals surface area contributed by atoms with E-state index in [-0.39, 0.29) is 11.5 Å². The molecule has 2 nitrogen and oxygen atoms in total. The van der Waals surface area contributed by atoms with E-state index < -0.39 is 5.82 Å². The van der Waals surface area contributed by atoms with Crippen molar-refractivity contribution in [3.8, 4) is 0 Å². The van der Waals surface area contributed by atoms with Gasteiger partial charge in [-0.25, -0.2) is 4.39 Å². The van der Waals surface area contributed by atoms with Crippen LogP contribution in [0.1, 0.15) is 15.9 Å². The summed E-state index contributed by atoms with van der Waals surface area (Å²) in [5.74, 6) is -0.813. The SMILES string of the molecule is CN(Cc1cccc(Br)c1)C(=O)c1ccccc1F. The van der Waals surface area contributed by atoms with E-state index in [9.17, 15) is 9.18 Å². The Morgan fingerprint density at radius 2 is 1.95 bits per heavy atom. The van der Waals surface area contributed by atoms with E-state index in [2.05, 4.69) is 15.9 Å². The number of nitrogens with zero attached hydrogens (tertiary/aromatic N) is 1. The zero-order valence-electron chi connectivity index (χ0n) is 10.4. The lowest BCUT2D eigenvalue weighted by Gasteiger charge is -2.17. The van der Waals surface area contributed by atoms with Crippen LogP contribution in [0.15, 0.2) is 53.0 Å². The summed E-state index contributed by atoms with van der Waals surface area (Å²) in [6, 6.07) is 13.7. The van der Waals surface area contributed by atoms with Crippen LogP contribution in [0.3, 0.4) is 0 Å². The number of halogens is 2. The van der Waals surface area contributed by atoms with E-state index in [1.807, 2.05) is 24.3 Å². The maximum atomic E-state index is 13.5. The van der Waals surface area contributed by atoms with Crippen LogP contribution in [0.2, 0.25) is 0 Å². The number of carbonyl (C=O) groups is 1. The number of amides is 1. The Labute approximate surface area is 120 Å². The fourth-order valence-corrected chi connectivity index (χ4v) is 2.27. The molecule has 0 fully saturated rings. The lowest BCUT2D eigenvalue weighted by Crippen LogP contribution is -2.27. The molecule has 0 bridgehead atoms. The highest BCUT2D eigenvalue weighted by atomic mass is 79.9. The molecule has 0 radical (unpaired) electrons. The second kappa shape index (κ2) is 5.97. The van der Waals surface area contributed by atoms with Crippen molar-refractivity contribution in [1.29, 1.82) is 0 Å². The molecule has 0 atom stereocenters. The number of hydrogen-bond acceptors (Lipinski definition) is 1. The molecule has 0 aliphatic heterocycles. The van der Waals surface area contributed by atoms with Crippen molar-refractivity contribution >= 4 is 21.8 Å². The molecule has 2 aromatic carbocycles. The van der Waals surface area contributed by atoms with Crippen molar-refractivity contribution in [2.75, 3.05) is 7.05 Å². The van der Waals surface area contributed by atoms with Crippen molar-refractivity contribution in [3.05, 3.63) is 69.9 Å². The first kappa shape index (κ1) is 13.7. The van der Waals surface area contributed by atoms with Crippen molar-refractivity contribution < 1.29 is 9.18 Å². The Balaban J connectivity index is 2.14. The molecule has 0 saturated heterocycles.